The number of nitro groups is 1. The number of aliphatic hydroxyl groups excluding tert-OH is 1. The molecule has 0 saturated heterocycles. The molecule has 0 aromatic heterocycles. The van der Waals surface area contributed by atoms with E-state index in [2.05, 4.69) is 10.6 Å². The highest BCUT2D eigenvalue weighted by atomic mass is 35.5. The SMILES string of the molecule is CC(O)CC(C)(C)CNC(=O)Nc1ccc([N+](=O)[O-])cc1Cl. The Kier molecular flexibility index (Phi) is 6.13. The number of aliphatic hydroxyl groups is 1. The molecule has 3 N–H and O–H groups in total. The molecule has 1 aromatic carbocycles. The molecular weight excluding hydrogens is 310 g/mol. The number of anilines is 1. The Morgan fingerprint density at radius 2 is 2.14 bits per heavy atom. The van der Waals surface area contributed by atoms with E-state index in [4.69, 9.17) is 11.6 Å². The minimum atomic E-state index is -0.561. The van der Waals surface area contributed by atoms with E-state index in [1.807, 2.05) is 13.8 Å². The molecule has 0 bridgehead atoms. The van der Waals surface area contributed by atoms with Crippen molar-refractivity contribution in [1.82, 2.24) is 5.32 Å². The smallest absolute Gasteiger partial charge is 0.319 e. The number of halogens is 1. The number of non-ortho nitro benzene ring substituents is 1. The first-order chi connectivity index (χ1) is 10.1. The first kappa shape index (κ1) is 18.2. The molecule has 0 fully saturated rings. The number of benzene rings is 1. The quantitative estimate of drug-likeness (QED) is 0.550. The number of urea groups is 1. The molecule has 122 valence electrons. The number of hydrogen-bond donors (Lipinski definition) is 3. The summed E-state index contributed by atoms with van der Waals surface area (Å²) in [6, 6.07) is 3.35. The molecule has 22 heavy (non-hydrogen) atoms. The van der Waals surface area contributed by atoms with Gasteiger partial charge in [0.1, 0.15) is 0 Å². The van der Waals surface area contributed by atoms with Gasteiger partial charge in [-0.2, -0.15) is 0 Å². The molecule has 0 heterocycles. The summed E-state index contributed by atoms with van der Waals surface area (Å²) < 4.78 is 0. The average Bonchev–Trinajstić information content (AvgIpc) is 2.37. The predicted octanol–water partition coefficient (Wildman–Crippen LogP) is 3.17. The van der Waals surface area contributed by atoms with E-state index in [1.54, 1.807) is 6.92 Å². The average molecular weight is 330 g/mol. The first-order valence-corrected chi connectivity index (χ1v) is 7.15. The van der Waals surface area contributed by atoms with Crippen molar-refractivity contribution in [3.8, 4) is 0 Å². The van der Waals surface area contributed by atoms with Gasteiger partial charge in [0, 0.05) is 18.7 Å². The molecular formula is C14H20ClN3O4. The molecule has 0 aliphatic heterocycles. The van der Waals surface area contributed by atoms with Crippen molar-refractivity contribution < 1.29 is 14.8 Å². The van der Waals surface area contributed by atoms with Gasteiger partial charge in [-0.1, -0.05) is 25.4 Å². The van der Waals surface area contributed by atoms with Crippen LogP contribution in [0.4, 0.5) is 16.2 Å². The van der Waals surface area contributed by atoms with Gasteiger partial charge in [0.2, 0.25) is 0 Å². The van der Waals surface area contributed by atoms with E-state index in [0.717, 1.165) is 0 Å². The fourth-order valence-corrected chi connectivity index (χ4v) is 2.30. The lowest BCUT2D eigenvalue weighted by Crippen LogP contribution is -2.38. The Morgan fingerprint density at radius 1 is 1.50 bits per heavy atom. The first-order valence-electron chi connectivity index (χ1n) is 6.77. The van der Waals surface area contributed by atoms with Crippen LogP contribution in [0.5, 0.6) is 0 Å². The third-order valence-corrected chi connectivity index (χ3v) is 3.30. The zero-order valence-corrected chi connectivity index (χ0v) is 13.5. The van der Waals surface area contributed by atoms with Gasteiger partial charge >= 0.3 is 6.03 Å². The van der Waals surface area contributed by atoms with Crippen molar-refractivity contribution in [3.05, 3.63) is 33.3 Å². The zero-order chi connectivity index (χ0) is 16.9. The summed E-state index contributed by atoms with van der Waals surface area (Å²) in [5.41, 5.74) is -0.114. The second kappa shape index (κ2) is 7.42. The van der Waals surface area contributed by atoms with Crippen molar-refractivity contribution in [3.63, 3.8) is 0 Å². The lowest BCUT2D eigenvalue weighted by atomic mass is 9.87. The van der Waals surface area contributed by atoms with Crippen molar-refractivity contribution in [2.75, 3.05) is 11.9 Å². The minimum Gasteiger partial charge on any atom is -0.393 e. The molecule has 0 aliphatic rings. The van der Waals surface area contributed by atoms with Crippen LogP contribution in [-0.2, 0) is 0 Å². The molecule has 8 heteroatoms. The zero-order valence-electron chi connectivity index (χ0n) is 12.7. The topological polar surface area (TPSA) is 104 Å². The highest BCUT2D eigenvalue weighted by Crippen LogP contribution is 2.26. The van der Waals surface area contributed by atoms with Gasteiger partial charge < -0.3 is 15.7 Å². The highest BCUT2D eigenvalue weighted by molar-refractivity contribution is 6.33. The molecule has 0 aliphatic carbocycles. The summed E-state index contributed by atoms with van der Waals surface area (Å²) in [7, 11) is 0. The van der Waals surface area contributed by atoms with E-state index in [9.17, 15) is 20.0 Å². The fraction of sp³-hybridized carbons (Fsp3) is 0.500. The number of nitrogens with one attached hydrogen (secondary N) is 2. The Morgan fingerprint density at radius 3 is 2.64 bits per heavy atom. The molecule has 0 spiro atoms. The van der Waals surface area contributed by atoms with Crippen LogP contribution in [-0.4, -0.2) is 28.7 Å². The maximum Gasteiger partial charge on any atom is 0.319 e. The van der Waals surface area contributed by atoms with Crippen LogP contribution in [0.15, 0.2) is 18.2 Å². The second-order valence-electron chi connectivity index (χ2n) is 5.95. The van der Waals surface area contributed by atoms with Gasteiger partial charge in [0.05, 0.1) is 21.7 Å². The molecule has 1 atom stereocenters. The molecule has 7 nitrogen and oxygen atoms in total. The summed E-state index contributed by atoms with van der Waals surface area (Å²) >= 11 is 5.90. The van der Waals surface area contributed by atoms with Crippen LogP contribution in [0, 0.1) is 15.5 Å². The van der Waals surface area contributed by atoms with Gasteiger partial charge in [0.15, 0.2) is 0 Å². The number of amides is 2. The third-order valence-electron chi connectivity index (χ3n) is 2.99. The van der Waals surface area contributed by atoms with Crippen molar-refractivity contribution in [1.29, 1.82) is 0 Å². The van der Waals surface area contributed by atoms with Gasteiger partial charge in [-0.15, -0.1) is 0 Å². The van der Waals surface area contributed by atoms with Crippen molar-refractivity contribution in [2.24, 2.45) is 5.41 Å². The summed E-state index contributed by atoms with van der Waals surface area (Å²) in [4.78, 5) is 21.9. The largest absolute Gasteiger partial charge is 0.393 e. The van der Waals surface area contributed by atoms with Crippen LogP contribution in [0.1, 0.15) is 27.2 Å². The Hall–Kier alpha value is -1.86. The highest BCUT2D eigenvalue weighted by Gasteiger charge is 2.21. The van der Waals surface area contributed by atoms with E-state index in [-0.39, 0.29) is 21.8 Å². The van der Waals surface area contributed by atoms with E-state index in [0.29, 0.717) is 13.0 Å². The number of carbonyl (C=O) groups is 1. The number of nitro benzene ring substituents is 1. The molecule has 1 unspecified atom stereocenters. The summed E-state index contributed by atoms with van der Waals surface area (Å²) in [6.07, 6.45) is 0.0925. The Balaban J connectivity index is 2.61. The fourth-order valence-electron chi connectivity index (χ4n) is 2.08. The van der Waals surface area contributed by atoms with Crippen LogP contribution in [0.2, 0.25) is 5.02 Å². The lowest BCUT2D eigenvalue weighted by molar-refractivity contribution is -0.384. The maximum absolute atomic E-state index is 11.8. The van der Waals surface area contributed by atoms with Gasteiger partial charge in [-0.25, -0.2) is 4.79 Å². The van der Waals surface area contributed by atoms with Crippen LogP contribution < -0.4 is 10.6 Å². The Bertz CT molecular complexity index is 561. The van der Waals surface area contributed by atoms with Gasteiger partial charge in [0.25, 0.3) is 5.69 Å². The number of carbonyl (C=O) groups excluding carboxylic acids is 1. The monoisotopic (exact) mass is 329 g/mol. The van der Waals surface area contributed by atoms with Crippen molar-refractivity contribution >= 4 is 29.0 Å². The van der Waals surface area contributed by atoms with Crippen molar-refractivity contribution in [2.45, 2.75) is 33.3 Å². The molecule has 2 amide bonds. The predicted molar refractivity (Wildman–Crippen MR) is 85.2 cm³/mol. The van der Waals surface area contributed by atoms with Gasteiger partial charge in [-0.3, -0.25) is 10.1 Å². The Labute approximate surface area is 133 Å². The molecule has 1 aromatic rings. The van der Waals surface area contributed by atoms with E-state index >= 15 is 0 Å². The summed E-state index contributed by atoms with van der Waals surface area (Å²) in [6.45, 7) is 5.92. The minimum absolute atomic E-state index is 0.0904. The normalized spacial score (nSPS) is 12.6. The van der Waals surface area contributed by atoms with E-state index < -0.39 is 17.1 Å². The van der Waals surface area contributed by atoms with Crippen LogP contribution in [0.25, 0.3) is 0 Å². The maximum atomic E-state index is 11.8. The number of nitrogens with zero attached hydrogens (tertiary/aromatic N) is 1. The summed E-state index contributed by atoms with van der Waals surface area (Å²) in [5, 5.41) is 25.3. The van der Waals surface area contributed by atoms with E-state index in [1.165, 1.54) is 18.2 Å². The molecule has 0 saturated carbocycles. The van der Waals surface area contributed by atoms with Gasteiger partial charge in [-0.05, 0) is 24.8 Å². The summed E-state index contributed by atoms with van der Waals surface area (Å²) in [5.74, 6) is 0. The number of hydrogen-bond acceptors (Lipinski definition) is 4. The molecule has 1 rings (SSSR count). The van der Waals surface area contributed by atoms with Crippen LogP contribution >= 0.6 is 11.6 Å². The van der Waals surface area contributed by atoms with Crippen LogP contribution in [0.3, 0.4) is 0 Å². The molecule has 0 radical (unpaired) electrons. The number of rotatable bonds is 6. The second-order valence-corrected chi connectivity index (χ2v) is 6.35. The lowest BCUT2D eigenvalue weighted by Gasteiger charge is -2.26. The standard InChI is InChI=1S/C14H20ClN3O4/c1-9(19)7-14(2,3)8-16-13(20)17-12-5-4-10(18(21)22)6-11(12)15/h4-6,9,19H,7-8H2,1-3H3,(H2,16,17,20). The third kappa shape index (κ3) is 5.87.